The van der Waals surface area contributed by atoms with Gasteiger partial charge in [0.15, 0.2) is 5.78 Å². The van der Waals surface area contributed by atoms with Gasteiger partial charge in [-0.2, -0.15) is 5.26 Å². The molecule has 0 aliphatic carbocycles. The Labute approximate surface area is 200 Å². The molecule has 2 N–H and O–H groups in total. The average Bonchev–Trinajstić information content (AvgIpc) is 2.77. The highest BCUT2D eigenvalue weighted by molar-refractivity contribution is 8.03. The molecule has 33 heavy (non-hydrogen) atoms. The number of carboxylic acids is 1. The number of rotatable bonds is 7. The van der Waals surface area contributed by atoms with Crippen LogP contribution in [0.5, 0.6) is 0 Å². The van der Waals surface area contributed by atoms with Gasteiger partial charge in [0.2, 0.25) is 5.91 Å². The van der Waals surface area contributed by atoms with Gasteiger partial charge >= 0.3 is 0 Å². The maximum Gasteiger partial charge on any atom is 0.234 e. The minimum absolute atomic E-state index is 0.00816. The van der Waals surface area contributed by atoms with Crippen molar-refractivity contribution < 1.29 is 19.5 Å². The largest absolute Gasteiger partial charge is 0.545 e. The lowest BCUT2D eigenvalue weighted by molar-refractivity contribution is -0.255. The lowest BCUT2D eigenvalue weighted by Gasteiger charge is -2.29. The SMILES string of the molecule is CC(=O)C1=C(C)NC(SCC(=O)Nc2ccc(C(=O)[O-])cc2)=C(C#N)C1c1ccc(Cl)cc1. The lowest BCUT2D eigenvalue weighted by Crippen LogP contribution is -2.27. The van der Waals surface area contributed by atoms with E-state index >= 15 is 0 Å². The van der Waals surface area contributed by atoms with E-state index in [1.807, 2.05) is 0 Å². The van der Waals surface area contributed by atoms with E-state index in [9.17, 15) is 24.8 Å². The minimum Gasteiger partial charge on any atom is -0.545 e. The second-order valence-corrected chi connectivity index (χ2v) is 8.68. The zero-order valence-corrected chi connectivity index (χ0v) is 19.3. The van der Waals surface area contributed by atoms with E-state index in [0.29, 0.717) is 32.6 Å². The van der Waals surface area contributed by atoms with Crippen LogP contribution in [0.3, 0.4) is 0 Å². The highest BCUT2D eigenvalue weighted by Gasteiger charge is 2.33. The van der Waals surface area contributed by atoms with Crippen molar-refractivity contribution in [1.82, 2.24) is 5.32 Å². The van der Waals surface area contributed by atoms with E-state index in [1.165, 1.54) is 31.2 Å². The molecule has 1 aliphatic rings. The summed E-state index contributed by atoms with van der Waals surface area (Å²) in [5, 5.41) is 27.6. The van der Waals surface area contributed by atoms with Crippen molar-refractivity contribution in [2.75, 3.05) is 11.1 Å². The van der Waals surface area contributed by atoms with Gasteiger partial charge in [0.1, 0.15) is 0 Å². The number of nitrogens with one attached hydrogen (secondary N) is 2. The number of anilines is 1. The predicted octanol–water partition coefficient (Wildman–Crippen LogP) is 3.36. The van der Waals surface area contributed by atoms with E-state index in [4.69, 9.17) is 11.6 Å². The van der Waals surface area contributed by atoms with Crippen molar-refractivity contribution in [2.45, 2.75) is 19.8 Å². The normalized spacial score (nSPS) is 15.5. The molecule has 0 saturated carbocycles. The Morgan fingerprint density at radius 2 is 1.79 bits per heavy atom. The molecule has 0 radical (unpaired) electrons. The molecule has 0 bridgehead atoms. The van der Waals surface area contributed by atoms with Crippen LogP contribution in [0.15, 0.2) is 70.4 Å². The van der Waals surface area contributed by atoms with Crippen LogP contribution < -0.4 is 15.7 Å². The van der Waals surface area contributed by atoms with Gasteiger partial charge in [-0.05, 0) is 49.2 Å². The van der Waals surface area contributed by atoms with Crippen LogP contribution in [-0.2, 0) is 9.59 Å². The zero-order valence-electron chi connectivity index (χ0n) is 17.8. The van der Waals surface area contributed by atoms with Crippen LogP contribution in [0, 0.1) is 11.3 Å². The van der Waals surface area contributed by atoms with Gasteiger partial charge in [0, 0.05) is 22.0 Å². The Bertz CT molecular complexity index is 1210. The predicted molar refractivity (Wildman–Crippen MR) is 125 cm³/mol. The number of carboxylic acid groups (broad SMARTS) is 1. The van der Waals surface area contributed by atoms with Gasteiger partial charge in [-0.25, -0.2) is 0 Å². The summed E-state index contributed by atoms with van der Waals surface area (Å²) in [4.78, 5) is 35.7. The summed E-state index contributed by atoms with van der Waals surface area (Å²) in [6.07, 6.45) is 0. The van der Waals surface area contributed by atoms with Crippen LogP contribution in [-0.4, -0.2) is 23.4 Å². The van der Waals surface area contributed by atoms with Gasteiger partial charge in [0.05, 0.1) is 34.3 Å². The Balaban J connectivity index is 1.82. The van der Waals surface area contributed by atoms with E-state index in [0.717, 1.165) is 17.3 Å². The van der Waals surface area contributed by atoms with Crippen molar-refractivity contribution in [3.05, 3.63) is 86.6 Å². The van der Waals surface area contributed by atoms with Gasteiger partial charge < -0.3 is 20.5 Å². The average molecular weight is 481 g/mol. The number of carbonyl (C=O) groups is 3. The topological polar surface area (TPSA) is 122 Å². The van der Waals surface area contributed by atoms with Crippen LogP contribution in [0.4, 0.5) is 5.69 Å². The maximum absolute atomic E-state index is 12.4. The smallest absolute Gasteiger partial charge is 0.234 e. The molecule has 1 aliphatic heterocycles. The number of ketones is 1. The molecule has 9 heteroatoms. The number of hydrogen-bond acceptors (Lipinski definition) is 7. The van der Waals surface area contributed by atoms with Crippen molar-refractivity contribution >= 4 is 46.7 Å². The Kier molecular flexibility index (Phi) is 7.59. The number of allylic oxidation sites excluding steroid dienone is 3. The highest BCUT2D eigenvalue weighted by Crippen LogP contribution is 2.41. The third kappa shape index (κ3) is 5.64. The first-order valence-corrected chi connectivity index (χ1v) is 11.2. The van der Waals surface area contributed by atoms with Crippen molar-refractivity contribution in [3.8, 4) is 6.07 Å². The summed E-state index contributed by atoms with van der Waals surface area (Å²) < 4.78 is 0. The molecule has 1 atom stereocenters. The monoisotopic (exact) mass is 480 g/mol. The second kappa shape index (κ2) is 10.4. The molecular formula is C24H19ClN3O4S-. The number of amides is 1. The standard InChI is InChI=1S/C24H20ClN3O4S/c1-13-21(14(2)29)22(15-3-7-17(25)8-4-15)19(11-26)23(27-13)33-12-20(30)28-18-9-5-16(6-10-18)24(31)32/h3-10,22,27H,12H2,1-2H3,(H,28,30)(H,31,32)/p-1. The molecule has 0 spiro atoms. The number of aromatic carboxylic acids is 1. The first-order chi connectivity index (χ1) is 15.7. The van der Waals surface area contributed by atoms with Gasteiger partial charge in [-0.15, -0.1) is 0 Å². The summed E-state index contributed by atoms with van der Waals surface area (Å²) >= 11 is 7.15. The number of carbonyl (C=O) groups excluding carboxylic acids is 3. The Morgan fingerprint density at radius 3 is 2.33 bits per heavy atom. The zero-order chi connectivity index (χ0) is 24.1. The Morgan fingerprint density at radius 1 is 1.15 bits per heavy atom. The van der Waals surface area contributed by atoms with Crippen LogP contribution in [0.25, 0.3) is 0 Å². The summed E-state index contributed by atoms with van der Waals surface area (Å²) in [6, 6.07) is 14.8. The minimum atomic E-state index is -1.30. The van der Waals surface area contributed by atoms with E-state index in [2.05, 4.69) is 16.7 Å². The first kappa shape index (κ1) is 24.1. The molecule has 168 valence electrons. The molecule has 1 amide bonds. The van der Waals surface area contributed by atoms with E-state index in [-0.39, 0.29) is 23.0 Å². The van der Waals surface area contributed by atoms with E-state index < -0.39 is 11.9 Å². The summed E-state index contributed by atoms with van der Waals surface area (Å²) in [7, 11) is 0. The lowest BCUT2D eigenvalue weighted by atomic mass is 9.81. The van der Waals surface area contributed by atoms with Crippen molar-refractivity contribution in [2.24, 2.45) is 0 Å². The summed E-state index contributed by atoms with van der Waals surface area (Å²) in [6.45, 7) is 3.21. The third-order valence-electron chi connectivity index (χ3n) is 4.98. The van der Waals surface area contributed by atoms with Gasteiger partial charge in [-0.1, -0.05) is 47.6 Å². The quantitative estimate of drug-likeness (QED) is 0.622. The van der Waals surface area contributed by atoms with Crippen LogP contribution in [0.2, 0.25) is 5.02 Å². The molecular weight excluding hydrogens is 462 g/mol. The number of benzene rings is 2. The first-order valence-electron chi connectivity index (χ1n) is 9.83. The number of hydrogen-bond donors (Lipinski definition) is 2. The van der Waals surface area contributed by atoms with Crippen LogP contribution in [0.1, 0.15) is 35.7 Å². The number of thioether (sulfide) groups is 1. The molecule has 3 rings (SSSR count). The fraction of sp³-hybridized carbons (Fsp3) is 0.167. The van der Waals surface area contributed by atoms with Crippen molar-refractivity contribution in [3.63, 3.8) is 0 Å². The van der Waals surface area contributed by atoms with Gasteiger partial charge in [-0.3, -0.25) is 9.59 Å². The molecule has 0 aromatic heterocycles. The molecule has 2 aromatic carbocycles. The van der Waals surface area contributed by atoms with Gasteiger partial charge in [0.25, 0.3) is 0 Å². The van der Waals surface area contributed by atoms with E-state index in [1.54, 1.807) is 31.2 Å². The number of dihydropyridines is 1. The maximum atomic E-state index is 12.4. The molecule has 1 unspecified atom stereocenters. The Hall–Kier alpha value is -3.54. The molecule has 7 nitrogen and oxygen atoms in total. The number of nitrogens with zero attached hydrogens (tertiary/aromatic N) is 1. The fourth-order valence-corrected chi connectivity index (χ4v) is 4.52. The third-order valence-corrected chi connectivity index (χ3v) is 6.25. The molecule has 1 heterocycles. The summed E-state index contributed by atoms with van der Waals surface area (Å²) in [5.74, 6) is -2.38. The number of halogens is 1. The van der Waals surface area contributed by atoms with Crippen LogP contribution >= 0.6 is 23.4 Å². The second-order valence-electron chi connectivity index (χ2n) is 7.26. The van der Waals surface area contributed by atoms with Crippen molar-refractivity contribution in [1.29, 1.82) is 5.26 Å². The highest BCUT2D eigenvalue weighted by atomic mass is 35.5. The summed E-state index contributed by atoms with van der Waals surface area (Å²) in [5.41, 5.74) is 2.62. The molecule has 0 saturated heterocycles. The number of Topliss-reactive ketones (excluding diaryl/α,β-unsaturated/α-hetero) is 1. The molecule has 2 aromatic rings. The fourth-order valence-electron chi connectivity index (χ4n) is 3.51. The molecule has 0 fully saturated rings. The number of nitriles is 1.